The highest BCUT2D eigenvalue weighted by atomic mass is 15.3. The predicted octanol–water partition coefficient (Wildman–Crippen LogP) is 2.48. The average Bonchev–Trinajstić information content (AvgIpc) is 2.85. The molecular formula is C17H23N5. The van der Waals surface area contributed by atoms with E-state index >= 15 is 0 Å². The van der Waals surface area contributed by atoms with Crippen LogP contribution in [0.1, 0.15) is 19.0 Å². The van der Waals surface area contributed by atoms with Gasteiger partial charge >= 0.3 is 0 Å². The highest BCUT2D eigenvalue weighted by molar-refractivity contribution is 5.58. The normalized spacial score (nSPS) is 21.2. The van der Waals surface area contributed by atoms with Gasteiger partial charge in [0.15, 0.2) is 0 Å². The molecule has 0 spiro atoms. The van der Waals surface area contributed by atoms with Gasteiger partial charge in [-0.25, -0.2) is 4.98 Å². The van der Waals surface area contributed by atoms with Crippen LogP contribution in [0.5, 0.6) is 0 Å². The summed E-state index contributed by atoms with van der Waals surface area (Å²) in [7, 11) is 1.99. The van der Waals surface area contributed by atoms with Crippen molar-refractivity contribution in [2.24, 2.45) is 5.73 Å². The number of anilines is 3. The third-order valence-electron chi connectivity index (χ3n) is 4.17. The molecule has 5 nitrogen and oxygen atoms in total. The van der Waals surface area contributed by atoms with E-state index in [0.29, 0.717) is 12.0 Å². The first-order valence-electron chi connectivity index (χ1n) is 7.71. The Hall–Kier alpha value is -2.14. The van der Waals surface area contributed by atoms with Gasteiger partial charge in [0.25, 0.3) is 0 Å². The van der Waals surface area contributed by atoms with Crippen LogP contribution in [-0.2, 0) is 0 Å². The van der Waals surface area contributed by atoms with E-state index in [1.807, 2.05) is 43.1 Å². The van der Waals surface area contributed by atoms with Crippen molar-refractivity contribution >= 4 is 17.5 Å². The zero-order chi connectivity index (χ0) is 15.7. The Morgan fingerprint density at radius 3 is 2.59 bits per heavy atom. The van der Waals surface area contributed by atoms with Gasteiger partial charge in [0.2, 0.25) is 5.95 Å². The summed E-state index contributed by atoms with van der Waals surface area (Å²) >= 11 is 0. The van der Waals surface area contributed by atoms with Crippen molar-refractivity contribution in [2.75, 3.05) is 23.4 Å². The lowest BCUT2D eigenvalue weighted by atomic mass is 10.2. The van der Waals surface area contributed by atoms with Crippen LogP contribution < -0.4 is 15.5 Å². The number of aromatic nitrogens is 2. The van der Waals surface area contributed by atoms with E-state index in [4.69, 9.17) is 10.7 Å². The molecule has 1 aromatic carbocycles. The molecule has 0 radical (unpaired) electrons. The van der Waals surface area contributed by atoms with E-state index in [0.717, 1.165) is 30.2 Å². The molecule has 0 amide bonds. The minimum absolute atomic E-state index is 0.223. The van der Waals surface area contributed by atoms with E-state index in [1.165, 1.54) is 0 Å². The zero-order valence-corrected chi connectivity index (χ0v) is 13.4. The van der Waals surface area contributed by atoms with Crippen LogP contribution >= 0.6 is 0 Å². The first-order valence-corrected chi connectivity index (χ1v) is 7.71. The van der Waals surface area contributed by atoms with Gasteiger partial charge in [-0.1, -0.05) is 18.2 Å². The minimum Gasteiger partial charge on any atom is -0.352 e. The van der Waals surface area contributed by atoms with Crippen LogP contribution in [0, 0.1) is 6.92 Å². The van der Waals surface area contributed by atoms with Crippen molar-refractivity contribution in [3.63, 3.8) is 0 Å². The Labute approximate surface area is 131 Å². The van der Waals surface area contributed by atoms with Gasteiger partial charge < -0.3 is 15.5 Å². The fraction of sp³-hybridized carbons (Fsp3) is 0.412. The number of benzene rings is 1. The number of hydrogen-bond donors (Lipinski definition) is 1. The smallest absolute Gasteiger partial charge is 0.231 e. The molecule has 2 N–H and O–H groups in total. The second kappa shape index (κ2) is 5.93. The Balaban J connectivity index is 1.93. The lowest BCUT2D eigenvalue weighted by Gasteiger charge is -2.25. The standard InChI is InChI=1S/C17H23N5/c1-12-9-16(22-11-14(18)10-13(22)2)20-17(19-12)21(3)15-7-5-4-6-8-15/h4-9,13-14H,10-11,18H2,1-3H3. The Kier molecular flexibility index (Phi) is 3.98. The summed E-state index contributed by atoms with van der Waals surface area (Å²) in [5.41, 5.74) is 8.13. The van der Waals surface area contributed by atoms with E-state index in [1.54, 1.807) is 0 Å². The molecule has 3 rings (SSSR count). The first kappa shape index (κ1) is 14.8. The Bertz CT molecular complexity index is 643. The van der Waals surface area contributed by atoms with Crippen LogP contribution in [0.2, 0.25) is 0 Å². The molecule has 1 aromatic heterocycles. The summed E-state index contributed by atoms with van der Waals surface area (Å²) in [6.45, 7) is 5.06. The van der Waals surface area contributed by atoms with Crippen LogP contribution in [0.25, 0.3) is 0 Å². The zero-order valence-electron chi connectivity index (χ0n) is 13.4. The third kappa shape index (κ3) is 2.90. The highest BCUT2D eigenvalue weighted by Gasteiger charge is 2.28. The molecule has 116 valence electrons. The number of hydrogen-bond acceptors (Lipinski definition) is 5. The SMILES string of the molecule is Cc1cc(N2CC(N)CC2C)nc(N(C)c2ccccc2)n1. The van der Waals surface area contributed by atoms with Gasteiger partial charge in [0, 0.05) is 43.1 Å². The van der Waals surface area contributed by atoms with Crippen molar-refractivity contribution in [2.45, 2.75) is 32.4 Å². The molecule has 1 fully saturated rings. The lowest BCUT2D eigenvalue weighted by Crippen LogP contribution is -2.30. The second-order valence-corrected chi connectivity index (χ2v) is 6.06. The summed E-state index contributed by atoms with van der Waals surface area (Å²) in [6.07, 6.45) is 1.01. The number of para-hydroxylation sites is 1. The average molecular weight is 297 g/mol. The lowest BCUT2D eigenvalue weighted by molar-refractivity contribution is 0.688. The largest absolute Gasteiger partial charge is 0.352 e. The van der Waals surface area contributed by atoms with Gasteiger partial charge in [0.05, 0.1) is 0 Å². The maximum atomic E-state index is 6.08. The fourth-order valence-electron chi connectivity index (χ4n) is 2.99. The predicted molar refractivity (Wildman–Crippen MR) is 90.7 cm³/mol. The Morgan fingerprint density at radius 1 is 1.23 bits per heavy atom. The van der Waals surface area contributed by atoms with Crippen molar-refractivity contribution in [1.82, 2.24) is 9.97 Å². The monoisotopic (exact) mass is 297 g/mol. The van der Waals surface area contributed by atoms with E-state index < -0.39 is 0 Å². The summed E-state index contributed by atoms with van der Waals surface area (Å²) < 4.78 is 0. The molecule has 0 saturated carbocycles. The topological polar surface area (TPSA) is 58.3 Å². The van der Waals surface area contributed by atoms with Gasteiger partial charge in [-0.15, -0.1) is 0 Å². The molecule has 1 aliphatic heterocycles. The first-order chi connectivity index (χ1) is 10.5. The summed E-state index contributed by atoms with van der Waals surface area (Å²) in [5.74, 6) is 1.68. The second-order valence-electron chi connectivity index (χ2n) is 6.06. The maximum Gasteiger partial charge on any atom is 0.231 e. The van der Waals surface area contributed by atoms with Crippen LogP contribution in [0.4, 0.5) is 17.5 Å². The molecular weight excluding hydrogens is 274 g/mol. The Morgan fingerprint density at radius 2 is 1.95 bits per heavy atom. The molecule has 5 heteroatoms. The molecule has 1 aliphatic rings. The molecule has 22 heavy (non-hydrogen) atoms. The minimum atomic E-state index is 0.223. The van der Waals surface area contributed by atoms with E-state index in [2.05, 4.69) is 28.9 Å². The number of nitrogens with zero attached hydrogens (tertiary/aromatic N) is 4. The molecule has 1 saturated heterocycles. The number of aryl methyl sites for hydroxylation is 1. The highest BCUT2D eigenvalue weighted by Crippen LogP contribution is 2.27. The van der Waals surface area contributed by atoms with Crippen molar-refractivity contribution < 1.29 is 0 Å². The number of rotatable bonds is 3. The van der Waals surface area contributed by atoms with Crippen LogP contribution in [0.15, 0.2) is 36.4 Å². The summed E-state index contributed by atoms with van der Waals surface area (Å²) in [6, 6.07) is 12.8. The number of nitrogens with two attached hydrogens (primary N) is 1. The third-order valence-corrected chi connectivity index (χ3v) is 4.17. The molecule has 0 aliphatic carbocycles. The van der Waals surface area contributed by atoms with Gasteiger partial charge in [-0.3, -0.25) is 0 Å². The molecule has 2 unspecified atom stereocenters. The van der Waals surface area contributed by atoms with Gasteiger partial charge in [-0.05, 0) is 32.4 Å². The van der Waals surface area contributed by atoms with Crippen LogP contribution in [0.3, 0.4) is 0 Å². The summed E-state index contributed by atoms with van der Waals surface area (Å²) in [5, 5.41) is 0. The molecule has 0 bridgehead atoms. The summed E-state index contributed by atoms with van der Waals surface area (Å²) in [4.78, 5) is 13.6. The quantitative estimate of drug-likeness (QED) is 0.943. The van der Waals surface area contributed by atoms with Crippen molar-refractivity contribution in [3.05, 3.63) is 42.1 Å². The fourth-order valence-corrected chi connectivity index (χ4v) is 2.99. The van der Waals surface area contributed by atoms with E-state index in [-0.39, 0.29) is 6.04 Å². The molecule has 2 atom stereocenters. The molecule has 2 heterocycles. The van der Waals surface area contributed by atoms with Crippen LogP contribution in [-0.4, -0.2) is 35.6 Å². The van der Waals surface area contributed by atoms with Crippen molar-refractivity contribution in [1.29, 1.82) is 0 Å². The van der Waals surface area contributed by atoms with Gasteiger partial charge in [0.1, 0.15) is 5.82 Å². The van der Waals surface area contributed by atoms with Gasteiger partial charge in [-0.2, -0.15) is 4.98 Å². The van der Waals surface area contributed by atoms with Crippen molar-refractivity contribution in [3.8, 4) is 0 Å². The molecule has 2 aromatic rings. The van der Waals surface area contributed by atoms with E-state index in [9.17, 15) is 0 Å². The maximum absolute atomic E-state index is 6.08.